The predicted octanol–water partition coefficient (Wildman–Crippen LogP) is 3.07. The summed E-state index contributed by atoms with van der Waals surface area (Å²) in [5.41, 5.74) is 1.69. The Bertz CT molecular complexity index is 457. The maximum Gasteiger partial charge on any atom is 0.319 e. The normalized spacial score (nSPS) is 22.9. The number of nitrogens with one attached hydrogen (secondary N) is 2. The van der Waals surface area contributed by atoms with Crippen LogP contribution < -0.4 is 10.6 Å². The van der Waals surface area contributed by atoms with Gasteiger partial charge in [0, 0.05) is 16.8 Å². The van der Waals surface area contributed by atoms with Crippen LogP contribution in [0.1, 0.15) is 31.2 Å². The van der Waals surface area contributed by atoms with Crippen LogP contribution in [0.25, 0.3) is 0 Å². The number of aryl methyl sites for hydroxylation is 1. The van der Waals surface area contributed by atoms with Crippen LogP contribution in [0.4, 0.5) is 10.5 Å². The van der Waals surface area contributed by atoms with Crippen molar-refractivity contribution < 1.29 is 9.90 Å². The number of benzene rings is 1. The molecule has 1 aliphatic rings. The highest BCUT2D eigenvalue weighted by Gasteiger charge is 2.20. The van der Waals surface area contributed by atoms with Crippen LogP contribution in [-0.2, 0) is 0 Å². The van der Waals surface area contributed by atoms with Gasteiger partial charge in [0.05, 0.1) is 6.10 Å². The molecule has 0 unspecified atom stereocenters. The number of amides is 2. The highest BCUT2D eigenvalue weighted by atomic mass is 35.5. The molecular formula is C14H19ClN2O2. The summed E-state index contributed by atoms with van der Waals surface area (Å²) < 4.78 is 0. The Morgan fingerprint density at radius 2 is 2.00 bits per heavy atom. The molecule has 1 fully saturated rings. The van der Waals surface area contributed by atoms with Gasteiger partial charge in [-0.3, -0.25) is 0 Å². The molecule has 2 amide bonds. The number of urea groups is 1. The fraction of sp³-hybridized carbons (Fsp3) is 0.500. The Hall–Kier alpha value is -1.26. The van der Waals surface area contributed by atoms with Gasteiger partial charge in [-0.1, -0.05) is 17.7 Å². The molecule has 0 spiro atoms. The van der Waals surface area contributed by atoms with E-state index in [4.69, 9.17) is 11.6 Å². The second kappa shape index (κ2) is 6.26. The number of hydrogen-bond donors (Lipinski definition) is 3. The molecule has 1 aromatic carbocycles. The summed E-state index contributed by atoms with van der Waals surface area (Å²) >= 11 is 5.91. The van der Waals surface area contributed by atoms with Crippen LogP contribution in [-0.4, -0.2) is 23.3 Å². The zero-order valence-corrected chi connectivity index (χ0v) is 11.7. The number of aliphatic hydroxyl groups is 1. The van der Waals surface area contributed by atoms with Gasteiger partial charge in [-0.05, 0) is 50.3 Å². The van der Waals surface area contributed by atoms with E-state index in [0.717, 1.165) is 36.9 Å². The lowest BCUT2D eigenvalue weighted by Gasteiger charge is -2.26. The van der Waals surface area contributed by atoms with E-state index in [1.807, 2.05) is 13.0 Å². The highest BCUT2D eigenvalue weighted by Crippen LogP contribution is 2.21. The minimum Gasteiger partial charge on any atom is -0.393 e. The molecule has 3 N–H and O–H groups in total. The van der Waals surface area contributed by atoms with E-state index < -0.39 is 0 Å². The summed E-state index contributed by atoms with van der Waals surface area (Å²) in [4.78, 5) is 11.9. The summed E-state index contributed by atoms with van der Waals surface area (Å²) in [7, 11) is 0. The third-order valence-corrected chi connectivity index (χ3v) is 3.71. The molecule has 5 heteroatoms. The highest BCUT2D eigenvalue weighted by molar-refractivity contribution is 6.31. The van der Waals surface area contributed by atoms with E-state index in [1.54, 1.807) is 12.1 Å². The van der Waals surface area contributed by atoms with Crippen LogP contribution in [0, 0.1) is 6.92 Å². The van der Waals surface area contributed by atoms with Gasteiger partial charge in [0.15, 0.2) is 0 Å². The molecule has 19 heavy (non-hydrogen) atoms. The topological polar surface area (TPSA) is 61.4 Å². The first-order chi connectivity index (χ1) is 9.04. The lowest BCUT2D eigenvalue weighted by atomic mass is 9.93. The smallest absolute Gasteiger partial charge is 0.319 e. The van der Waals surface area contributed by atoms with Gasteiger partial charge in [0.2, 0.25) is 0 Å². The van der Waals surface area contributed by atoms with Crippen molar-refractivity contribution in [2.45, 2.75) is 44.8 Å². The van der Waals surface area contributed by atoms with Crippen LogP contribution in [0.15, 0.2) is 18.2 Å². The Labute approximate surface area is 118 Å². The molecule has 0 bridgehead atoms. The minimum atomic E-state index is -0.216. The average molecular weight is 283 g/mol. The largest absolute Gasteiger partial charge is 0.393 e. The van der Waals surface area contributed by atoms with Gasteiger partial charge >= 0.3 is 6.03 Å². The minimum absolute atomic E-state index is 0.142. The summed E-state index contributed by atoms with van der Waals surface area (Å²) in [5, 5.41) is 15.8. The number of carbonyl (C=O) groups excluding carboxylic acids is 1. The number of carbonyl (C=O) groups is 1. The molecule has 2 rings (SSSR count). The second-order valence-corrected chi connectivity index (χ2v) is 5.50. The number of hydrogen-bond acceptors (Lipinski definition) is 2. The van der Waals surface area contributed by atoms with Gasteiger partial charge in [-0.2, -0.15) is 0 Å². The fourth-order valence-corrected chi connectivity index (χ4v) is 2.46. The summed E-state index contributed by atoms with van der Waals surface area (Å²) in [6, 6.07) is 5.33. The van der Waals surface area contributed by atoms with Crippen molar-refractivity contribution in [3.63, 3.8) is 0 Å². The first-order valence-corrected chi connectivity index (χ1v) is 6.94. The fourth-order valence-electron chi connectivity index (χ4n) is 2.29. The van der Waals surface area contributed by atoms with E-state index >= 15 is 0 Å². The van der Waals surface area contributed by atoms with Gasteiger partial charge in [-0.25, -0.2) is 4.79 Å². The number of halogens is 1. The van der Waals surface area contributed by atoms with Gasteiger partial charge in [0.1, 0.15) is 0 Å². The lowest BCUT2D eigenvalue weighted by Crippen LogP contribution is -2.41. The van der Waals surface area contributed by atoms with Crippen molar-refractivity contribution in [3.8, 4) is 0 Å². The molecular weight excluding hydrogens is 264 g/mol. The van der Waals surface area contributed by atoms with Crippen LogP contribution in [0.2, 0.25) is 5.02 Å². The van der Waals surface area contributed by atoms with Gasteiger partial charge in [-0.15, -0.1) is 0 Å². The van der Waals surface area contributed by atoms with Crippen molar-refractivity contribution >= 4 is 23.3 Å². The molecule has 0 radical (unpaired) electrons. The average Bonchev–Trinajstić information content (AvgIpc) is 2.37. The van der Waals surface area contributed by atoms with E-state index in [1.165, 1.54) is 0 Å². The van der Waals surface area contributed by atoms with E-state index in [2.05, 4.69) is 10.6 Å². The Morgan fingerprint density at radius 3 is 2.68 bits per heavy atom. The summed E-state index contributed by atoms with van der Waals surface area (Å²) in [6.07, 6.45) is 2.94. The third-order valence-electron chi connectivity index (χ3n) is 3.48. The first kappa shape index (κ1) is 14.2. The Balaban J connectivity index is 1.89. The zero-order valence-electron chi connectivity index (χ0n) is 10.9. The van der Waals surface area contributed by atoms with Gasteiger partial charge in [0.25, 0.3) is 0 Å². The van der Waals surface area contributed by atoms with Crippen molar-refractivity contribution in [3.05, 3.63) is 28.8 Å². The zero-order chi connectivity index (χ0) is 13.8. The lowest BCUT2D eigenvalue weighted by molar-refractivity contribution is 0.118. The Morgan fingerprint density at radius 1 is 1.32 bits per heavy atom. The van der Waals surface area contributed by atoms with E-state index in [0.29, 0.717) is 5.02 Å². The van der Waals surface area contributed by atoms with Crippen LogP contribution in [0.5, 0.6) is 0 Å². The molecule has 1 aliphatic carbocycles. The molecule has 1 aromatic rings. The SMILES string of the molecule is Cc1ccc(Cl)cc1NC(=O)NC1CCC(O)CC1. The molecule has 0 atom stereocenters. The van der Waals surface area contributed by atoms with Gasteiger partial charge < -0.3 is 15.7 Å². The first-order valence-electron chi connectivity index (χ1n) is 6.56. The molecule has 104 valence electrons. The third kappa shape index (κ3) is 4.11. The predicted molar refractivity (Wildman–Crippen MR) is 76.6 cm³/mol. The maximum atomic E-state index is 11.9. The van der Waals surface area contributed by atoms with E-state index in [-0.39, 0.29) is 18.2 Å². The molecule has 1 saturated carbocycles. The van der Waals surface area contributed by atoms with E-state index in [9.17, 15) is 9.90 Å². The molecule has 0 saturated heterocycles. The molecule has 0 aromatic heterocycles. The Kier molecular flexibility index (Phi) is 4.66. The number of anilines is 1. The van der Waals surface area contributed by atoms with Crippen LogP contribution >= 0.6 is 11.6 Å². The van der Waals surface area contributed by atoms with Crippen molar-refractivity contribution in [1.29, 1.82) is 0 Å². The monoisotopic (exact) mass is 282 g/mol. The molecule has 0 aliphatic heterocycles. The number of aliphatic hydroxyl groups excluding tert-OH is 1. The summed E-state index contributed by atoms with van der Waals surface area (Å²) in [5.74, 6) is 0. The molecule has 0 heterocycles. The quantitative estimate of drug-likeness (QED) is 0.781. The standard InChI is InChI=1S/C14H19ClN2O2/c1-9-2-3-10(15)8-13(9)17-14(19)16-11-4-6-12(18)7-5-11/h2-3,8,11-12,18H,4-7H2,1H3,(H2,16,17,19). The molecule has 4 nitrogen and oxygen atoms in total. The van der Waals surface area contributed by atoms with Crippen molar-refractivity contribution in [2.75, 3.05) is 5.32 Å². The van der Waals surface area contributed by atoms with Crippen molar-refractivity contribution in [1.82, 2.24) is 5.32 Å². The summed E-state index contributed by atoms with van der Waals surface area (Å²) in [6.45, 7) is 1.92. The van der Waals surface area contributed by atoms with Crippen molar-refractivity contribution in [2.24, 2.45) is 0 Å². The number of rotatable bonds is 2. The maximum absolute atomic E-state index is 11.9. The van der Waals surface area contributed by atoms with Crippen LogP contribution in [0.3, 0.4) is 0 Å². The second-order valence-electron chi connectivity index (χ2n) is 5.06.